The van der Waals surface area contributed by atoms with Crippen molar-refractivity contribution >= 4 is 16.6 Å². The zero-order valence-corrected chi connectivity index (χ0v) is 17.9. The summed E-state index contributed by atoms with van der Waals surface area (Å²) in [4.78, 5) is 17.8. The van der Waals surface area contributed by atoms with Crippen molar-refractivity contribution in [2.24, 2.45) is 10.5 Å². The van der Waals surface area contributed by atoms with Gasteiger partial charge < -0.3 is 0 Å². The molecule has 3 aromatic rings. The Morgan fingerprint density at radius 1 is 1.07 bits per heavy atom. The summed E-state index contributed by atoms with van der Waals surface area (Å²) in [6.07, 6.45) is 7.63. The minimum atomic E-state index is -0.0414. The molecule has 2 saturated carbocycles. The van der Waals surface area contributed by atoms with E-state index in [1.165, 1.54) is 48.9 Å². The molecular weight excluding hydrogens is 370 g/mol. The SMILES string of the molecule is CCc1nc2ccccc2c(=O)n1/N=C1/CCC12CCC(c1ccc(C)cc1)CC2. The Bertz CT molecular complexity index is 1170. The fourth-order valence-corrected chi connectivity index (χ4v) is 5.25. The van der Waals surface area contributed by atoms with Crippen molar-refractivity contribution in [2.75, 3.05) is 0 Å². The molecule has 2 aliphatic rings. The zero-order valence-electron chi connectivity index (χ0n) is 17.9. The topological polar surface area (TPSA) is 47.2 Å². The summed E-state index contributed by atoms with van der Waals surface area (Å²) in [6, 6.07) is 16.6. The number of rotatable bonds is 3. The van der Waals surface area contributed by atoms with Gasteiger partial charge >= 0.3 is 0 Å². The Morgan fingerprint density at radius 2 is 1.80 bits per heavy atom. The molecule has 0 unspecified atom stereocenters. The number of nitrogens with zero attached hydrogens (tertiary/aromatic N) is 3. The van der Waals surface area contributed by atoms with Gasteiger partial charge in [0.2, 0.25) is 0 Å². The van der Waals surface area contributed by atoms with Crippen LogP contribution in [0.3, 0.4) is 0 Å². The molecule has 0 atom stereocenters. The van der Waals surface area contributed by atoms with Crippen molar-refractivity contribution in [3.8, 4) is 0 Å². The summed E-state index contributed by atoms with van der Waals surface area (Å²) < 4.78 is 1.59. The maximum absolute atomic E-state index is 13.1. The lowest BCUT2D eigenvalue weighted by Crippen LogP contribution is -2.44. The molecular formula is C26H29N3O. The molecule has 0 radical (unpaired) electrons. The van der Waals surface area contributed by atoms with Gasteiger partial charge in [0.15, 0.2) is 0 Å². The predicted octanol–water partition coefficient (Wildman–Crippen LogP) is 5.61. The Hall–Kier alpha value is -2.75. The molecule has 154 valence electrons. The minimum absolute atomic E-state index is 0.0414. The van der Waals surface area contributed by atoms with Crippen LogP contribution in [-0.2, 0) is 6.42 Å². The Balaban J connectivity index is 1.43. The number of aromatic nitrogens is 2. The third kappa shape index (κ3) is 3.19. The van der Waals surface area contributed by atoms with Crippen LogP contribution >= 0.6 is 0 Å². The van der Waals surface area contributed by atoms with Gasteiger partial charge in [0.05, 0.1) is 10.9 Å². The lowest BCUT2D eigenvalue weighted by molar-refractivity contribution is 0.207. The molecule has 1 aromatic heterocycles. The highest BCUT2D eigenvalue weighted by Crippen LogP contribution is 2.52. The fourth-order valence-electron chi connectivity index (χ4n) is 5.25. The predicted molar refractivity (Wildman–Crippen MR) is 122 cm³/mol. The van der Waals surface area contributed by atoms with Gasteiger partial charge in [0.25, 0.3) is 5.56 Å². The average Bonchev–Trinajstić information content (AvgIpc) is 2.78. The first-order chi connectivity index (χ1) is 14.6. The van der Waals surface area contributed by atoms with E-state index in [-0.39, 0.29) is 11.0 Å². The van der Waals surface area contributed by atoms with E-state index >= 15 is 0 Å². The van der Waals surface area contributed by atoms with Gasteiger partial charge in [0.1, 0.15) is 5.82 Å². The highest BCUT2D eigenvalue weighted by atomic mass is 16.1. The molecule has 4 nitrogen and oxygen atoms in total. The van der Waals surface area contributed by atoms with E-state index in [4.69, 9.17) is 10.1 Å². The molecule has 0 bridgehead atoms. The molecule has 0 aliphatic heterocycles. The zero-order chi connectivity index (χ0) is 20.7. The molecule has 1 heterocycles. The van der Waals surface area contributed by atoms with E-state index in [0.29, 0.717) is 17.7 Å². The third-order valence-corrected chi connectivity index (χ3v) is 7.30. The van der Waals surface area contributed by atoms with Crippen LogP contribution in [-0.4, -0.2) is 15.4 Å². The van der Waals surface area contributed by atoms with Gasteiger partial charge in [-0.25, -0.2) is 4.98 Å². The standard InChI is InChI=1S/C26H29N3O/c1-3-24-27-22-7-5-4-6-21(22)25(30)29(24)28-23-14-17-26(23)15-12-20(13-16-26)19-10-8-18(2)9-11-19/h4-11,20H,3,12-17H2,1-2H3/b28-23-. The van der Waals surface area contributed by atoms with Crippen molar-refractivity contribution in [2.45, 2.75) is 64.7 Å². The summed E-state index contributed by atoms with van der Waals surface area (Å²) >= 11 is 0. The molecule has 0 amide bonds. The highest BCUT2D eigenvalue weighted by Gasteiger charge is 2.46. The lowest BCUT2D eigenvalue weighted by atomic mass is 9.57. The van der Waals surface area contributed by atoms with E-state index < -0.39 is 0 Å². The van der Waals surface area contributed by atoms with E-state index in [2.05, 4.69) is 31.2 Å². The maximum atomic E-state index is 13.1. The van der Waals surface area contributed by atoms with Crippen molar-refractivity contribution in [3.05, 3.63) is 75.8 Å². The second kappa shape index (κ2) is 7.50. The van der Waals surface area contributed by atoms with Crippen LogP contribution in [0.2, 0.25) is 0 Å². The monoisotopic (exact) mass is 399 g/mol. The molecule has 1 spiro atoms. The summed E-state index contributed by atoms with van der Waals surface area (Å²) in [6.45, 7) is 4.18. The minimum Gasteiger partial charge on any atom is -0.267 e. The summed E-state index contributed by atoms with van der Waals surface area (Å²) in [7, 11) is 0. The van der Waals surface area contributed by atoms with Crippen LogP contribution in [0.25, 0.3) is 10.9 Å². The van der Waals surface area contributed by atoms with Gasteiger partial charge in [-0.1, -0.05) is 48.9 Å². The molecule has 2 aromatic carbocycles. The van der Waals surface area contributed by atoms with Crippen molar-refractivity contribution < 1.29 is 0 Å². The number of aryl methyl sites for hydroxylation is 2. The molecule has 0 N–H and O–H groups in total. The molecule has 2 aliphatic carbocycles. The first-order valence-electron chi connectivity index (χ1n) is 11.3. The normalized spacial score (nSPS) is 25.0. The number of benzene rings is 2. The lowest BCUT2D eigenvalue weighted by Gasteiger charge is -2.48. The van der Waals surface area contributed by atoms with Crippen LogP contribution in [0.1, 0.15) is 68.3 Å². The largest absolute Gasteiger partial charge is 0.282 e. The second-order valence-corrected chi connectivity index (χ2v) is 9.03. The molecule has 30 heavy (non-hydrogen) atoms. The summed E-state index contributed by atoms with van der Waals surface area (Å²) in [5.41, 5.74) is 4.91. The van der Waals surface area contributed by atoms with Gasteiger partial charge in [-0.3, -0.25) is 4.79 Å². The van der Waals surface area contributed by atoms with E-state index in [9.17, 15) is 4.79 Å². The number of hydrogen-bond acceptors (Lipinski definition) is 3. The quantitative estimate of drug-likeness (QED) is 0.575. The smallest absolute Gasteiger partial charge is 0.267 e. The first-order valence-corrected chi connectivity index (χ1v) is 11.3. The Kier molecular flexibility index (Phi) is 4.80. The van der Waals surface area contributed by atoms with Crippen molar-refractivity contribution in [1.29, 1.82) is 0 Å². The van der Waals surface area contributed by atoms with Crippen molar-refractivity contribution in [1.82, 2.24) is 9.66 Å². The Morgan fingerprint density at radius 3 is 2.47 bits per heavy atom. The summed E-state index contributed by atoms with van der Waals surface area (Å²) in [5, 5.41) is 5.58. The van der Waals surface area contributed by atoms with Crippen LogP contribution in [0.4, 0.5) is 0 Å². The van der Waals surface area contributed by atoms with E-state index in [1.807, 2.05) is 31.2 Å². The van der Waals surface area contributed by atoms with Crippen LogP contribution in [0.15, 0.2) is 58.4 Å². The Labute approximate surface area is 177 Å². The van der Waals surface area contributed by atoms with Gasteiger partial charge in [0, 0.05) is 17.5 Å². The number of fused-ring (bicyclic) bond motifs is 1. The number of hydrogen-bond donors (Lipinski definition) is 0. The highest BCUT2D eigenvalue weighted by molar-refractivity contribution is 5.95. The molecule has 4 heteroatoms. The molecule has 5 rings (SSSR count). The van der Waals surface area contributed by atoms with Gasteiger partial charge in [-0.05, 0) is 69.1 Å². The van der Waals surface area contributed by atoms with Crippen LogP contribution in [0, 0.1) is 12.3 Å². The van der Waals surface area contributed by atoms with Gasteiger partial charge in [-0.2, -0.15) is 9.78 Å². The average molecular weight is 400 g/mol. The fraction of sp³-hybridized carbons (Fsp3) is 0.423. The summed E-state index contributed by atoms with van der Waals surface area (Å²) in [5.74, 6) is 1.40. The molecule has 0 saturated heterocycles. The van der Waals surface area contributed by atoms with Crippen LogP contribution in [0.5, 0.6) is 0 Å². The van der Waals surface area contributed by atoms with Crippen LogP contribution < -0.4 is 5.56 Å². The second-order valence-electron chi connectivity index (χ2n) is 9.03. The van der Waals surface area contributed by atoms with E-state index in [1.54, 1.807) is 4.68 Å². The maximum Gasteiger partial charge on any atom is 0.282 e. The van der Waals surface area contributed by atoms with Crippen molar-refractivity contribution in [3.63, 3.8) is 0 Å². The number of para-hydroxylation sites is 1. The molecule has 2 fully saturated rings. The van der Waals surface area contributed by atoms with E-state index in [0.717, 1.165) is 17.8 Å². The first kappa shape index (κ1) is 19.2. The van der Waals surface area contributed by atoms with Gasteiger partial charge in [-0.15, -0.1) is 0 Å². The third-order valence-electron chi connectivity index (χ3n) is 7.30.